The Kier molecular flexibility index (Phi) is 4.60. The zero-order valence-corrected chi connectivity index (χ0v) is 9.74. The second-order valence-electron chi connectivity index (χ2n) is 4.62. The lowest BCUT2D eigenvalue weighted by atomic mass is 10.1. The van der Waals surface area contributed by atoms with Gasteiger partial charge in [-0.3, -0.25) is 4.79 Å². The highest BCUT2D eigenvalue weighted by Gasteiger charge is 2.23. The van der Waals surface area contributed by atoms with E-state index in [0.717, 1.165) is 45.3 Å². The molecular weight excluding hydrogens is 206 g/mol. The van der Waals surface area contributed by atoms with Crippen LogP contribution in [0.2, 0.25) is 0 Å². The monoisotopic (exact) mass is 227 g/mol. The molecular formula is C12H21NO3. The molecule has 4 heteroatoms. The summed E-state index contributed by atoms with van der Waals surface area (Å²) < 4.78 is 10.8. The van der Waals surface area contributed by atoms with Crippen LogP contribution in [0.15, 0.2) is 0 Å². The topological polar surface area (TPSA) is 47.6 Å². The van der Waals surface area contributed by atoms with Crippen molar-refractivity contribution in [2.75, 3.05) is 19.8 Å². The minimum atomic E-state index is -0.103. The van der Waals surface area contributed by atoms with Gasteiger partial charge < -0.3 is 14.8 Å². The zero-order chi connectivity index (χ0) is 11.2. The zero-order valence-electron chi connectivity index (χ0n) is 9.74. The fourth-order valence-electron chi connectivity index (χ4n) is 2.27. The van der Waals surface area contributed by atoms with Gasteiger partial charge >= 0.3 is 5.97 Å². The number of hydrogen-bond donors (Lipinski definition) is 1. The normalized spacial score (nSPS) is 31.0. The Morgan fingerprint density at radius 1 is 1.25 bits per heavy atom. The molecule has 0 spiro atoms. The number of nitrogens with one attached hydrogen (secondary N) is 1. The number of esters is 1. The number of piperidine rings is 1. The maximum absolute atomic E-state index is 11.7. The van der Waals surface area contributed by atoms with Crippen LogP contribution in [0.25, 0.3) is 0 Å². The lowest BCUT2D eigenvalue weighted by Crippen LogP contribution is -2.42. The van der Waals surface area contributed by atoms with Gasteiger partial charge in [0.25, 0.3) is 0 Å². The molecule has 92 valence electrons. The number of carbonyl (C=O) groups is 1. The Hall–Kier alpha value is -0.610. The van der Waals surface area contributed by atoms with Crippen molar-refractivity contribution in [1.82, 2.24) is 5.32 Å². The Labute approximate surface area is 96.7 Å². The lowest BCUT2D eigenvalue weighted by molar-refractivity contribution is -0.152. The van der Waals surface area contributed by atoms with Gasteiger partial charge in [0.05, 0.1) is 6.10 Å². The summed E-state index contributed by atoms with van der Waals surface area (Å²) in [5.41, 5.74) is 0. The van der Waals surface area contributed by atoms with E-state index in [1.165, 1.54) is 6.42 Å². The maximum atomic E-state index is 11.7. The summed E-state index contributed by atoms with van der Waals surface area (Å²) in [5.74, 6) is -0.103. The van der Waals surface area contributed by atoms with Crippen molar-refractivity contribution in [3.8, 4) is 0 Å². The van der Waals surface area contributed by atoms with Gasteiger partial charge in [-0.15, -0.1) is 0 Å². The molecule has 2 atom stereocenters. The van der Waals surface area contributed by atoms with Gasteiger partial charge in [0.1, 0.15) is 12.6 Å². The molecule has 1 unspecified atom stereocenters. The third-order valence-corrected chi connectivity index (χ3v) is 3.28. The van der Waals surface area contributed by atoms with Gasteiger partial charge in [0, 0.05) is 6.61 Å². The van der Waals surface area contributed by atoms with Gasteiger partial charge in [0.15, 0.2) is 0 Å². The van der Waals surface area contributed by atoms with Gasteiger partial charge in [-0.05, 0) is 38.6 Å². The van der Waals surface area contributed by atoms with E-state index in [4.69, 9.17) is 9.47 Å². The Morgan fingerprint density at radius 2 is 2.12 bits per heavy atom. The van der Waals surface area contributed by atoms with E-state index in [-0.39, 0.29) is 18.1 Å². The van der Waals surface area contributed by atoms with Crippen LogP contribution >= 0.6 is 0 Å². The first-order valence-electron chi connectivity index (χ1n) is 6.38. The standard InChI is InChI=1S/C12H21NO3/c14-12(11-6-1-3-7-13-11)16-9-10-5-2-4-8-15-10/h10-11,13H,1-9H2/t10?,11-/m1/s1. The molecule has 0 saturated carbocycles. The predicted octanol–water partition coefficient (Wildman–Crippen LogP) is 1.24. The molecule has 0 aliphatic carbocycles. The highest BCUT2D eigenvalue weighted by Crippen LogP contribution is 2.14. The molecule has 16 heavy (non-hydrogen) atoms. The van der Waals surface area contributed by atoms with Crippen molar-refractivity contribution < 1.29 is 14.3 Å². The number of rotatable bonds is 3. The van der Waals surface area contributed by atoms with E-state index in [0.29, 0.717) is 6.61 Å². The predicted molar refractivity (Wildman–Crippen MR) is 60.2 cm³/mol. The minimum absolute atomic E-state index is 0.0858. The molecule has 2 fully saturated rings. The maximum Gasteiger partial charge on any atom is 0.323 e. The number of ether oxygens (including phenoxy) is 2. The summed E-state index contributed by atoms with van der Waals surface area (Å²) in [5, 5.41) is 3.19. The molecule has 0 radical (unpaired) electrons. The highest BCUT2D eigenvalue weighted by atomic mass is 16.6. The van der Waals surface area contributed by atoms with E-state index < -0.39 is 0 Å². The molecule has 2 aliphatic heterocycles. The molecule has 0 amide bonds. The van der Waals surface area contributed by atoms with Crippen molar-refractivity contribution in [1.29, 1.82) is 0 Å². The van der Waals surface area contributed by atoms with Crippen LogP contribution < -0.4 is 5.32 Å². The summed E-state index contributed by atoms with van der Waals surface area (Å²) >= 11 is 0. The summed E-state index contributed by atoms with van der Waals surface area (Å²) in [7, 11) is 0. The van der Waals surface area contributed by atoms with Crippen LogP contribution in [-0.4, -0.2) is 37.9 Å². The molecule has 2 heterocycles. The average Bonchev–Trinajstić information content (AvgIpc) is 2.38. The molecule has 0 bridgehead atoms. The lowest BCUT2D eigenvalue weighted by Gasteiger charge is -2.25. The van der Waals surface area contributed by atoms with Crippen molar-refractivity contribution in [3.05, 3.63) is 0 Å². The first-order valence-corrected chi connectivity index (χ1v) is 6.38. The summed E-state index contributed by atoms with van der Waals surface area (Å²) in [4.78, 5) is 11.7. The molecule has 2 rings (SSSR count). The van der Waals surface area contributed by atoms with E-state index in [9.17, 15) is 4.79 Å². The van der Waals surface area contributed by atoms with Crippen LogP contribution in [0.3, 0.4) is 0 Å². The van der Waals surface area contributed by atoms with Gasteiger partial charge in [-0.1, -0.05) is 6.42 Å². The van der Waals surface area contributed by atoms with Crippen LogP contribution in [0.1, 0.15) is 38.5 Å². The van der Waals surface area contributed by atoms with Crippen molar-refractivity contribution in [2.24, 2.45) is 0 Å². The largest absolute Gasteiger partial charge is 0.462 e. The smallest absolute Gasteiger partial charge is 0.323 e. The quantitative estimate of drug-likeness (QED) is 0.737. The van der Waals surface area contributed by atoms with E-state index in [1.54, 1.807) is 0 Å². The van der Waals surface area contributed by atoms with E-state index in [1.807, 2.05) is 0 Å². The van der Waals surface area contributed by atoms with Crippen molar-refractivity contribution in [2.45, 2.75) is 50.7 Å². The summed E-state index contributed by atoms with van der Waals surface area (Å²) in [6, 6.07) is -0.0858. The fourth-order valence-corrected chi connectivity index (χ4v) is 2.27. The Morgan fingerprint density at radius 3 is 2.81 bits per heavy atom. The summed E-state index contributed by atoms with van der Waals surface area (Å²) in [6.07, 6.45) is 6.65. The minimum Gasteiger partial charge on any atom is -0.462 e. The molecule has 0 aromatic heterocycles. The molecule has 0 aromatic carbocycles. The molecule has 0 aromatic rings. The van der Waals surface area contributed by atoms with Crippen LogP contribution in [0.5, 0.6) is 0 Å². The molecule has 1 N–H and O–H groups in total. The second kappa shape index (κ2) is 6.21. The van der Waals surface area contributed by atoms with E-state index in [2.05, 4.69) is 5.32 Å². The number of carbonyl (C=O) groups excluding carboxylic acids is 1. The van der Waals surface area contributed by atoms with E-state index >= 15 is 0 Å². The SMILES string of the molecule is O=C(OCC1CCCCO1)[C@H]1CCCCN1. The third-order valence-electron chi connectivity index (χ3n) is 3.28. The van der Waals surface area contributed by atoms with Crippen molar-refractivity contribution in [3.63, 3.8) is 0 Å². The van der Waals surface area contributed by atoms with Gasteiger partial charge in [0.2, 0.25) is 0 Å². The Bertz CT molecular complexity index is 220. The molecule has 2 aliphatic rings. The molecule has 4 nitrogen and oxygen atoms in total. The van der Waals surface area contributed by atoms with Crippen LogP contribution in [-0.2, 0) is 14.3 Å². The second-order valence-corrected chi connectivity index (χ2v) is 4.62. The summed E-state index contributed by atoms with van der Waals surface area (Å²) in [6.45, 7) is 2.17. The van der Waals surface area contributed by atoms with Crippen molar-refractivity contribution >= 4 is 5.97 Å². The van der Waals surface area contributed by atoms with Crippen LogP contribution in [0, 0.1) is 0 Å². The molecule has 2 saturated heterocycles. The highest BCUT2D eigenvalue weighted by molar-refractivity contribution is 5.75. The Balaban J connectivity index is 1.65. The fraction of sp³-hybridized carbons (Fsp3) is 0.917. The van der Waals surface area contributed by atoms with Gasteiger partial charge in [-0.25, -0.2) is 0 Å². The first-order chi connectivity index (χ1) is 7.86. The third kappa shape index (κ3) is 3.46. The van der Waals surface area contributed by atoms with Gasteiger partial charge in [-0.2, -0.15) is 0 Å². The first kappa shape index (κ1) is 11.9. The average molecular weight is 227 g/mol. The number of hydrogen-bond acceptors (Lipinski definition) is 4. The van der Waals surface area contributed by atoms with Crippen LogP contribution in [0.4, 0.5) is 0 Å².